The molecule has 2 N–H and O–H groups in total. The number of aliphatic hydroxyl groups is 2. The van der Waals surface area contributed by atoms with Crippen LogP contribution in [0.4, 0.5) is 5.82 Å². The van der Waals surface area contributed by atoms with Gasteiger partial charge in [-0.05, 0) is 30.5 Å². The fourth-order valence-electron chi connectivity index (χ4n) is 2.38. The Morgan fingerprint density at radius 2 is 2.18 bits per heavy atom. The standard InChI is InChI=1S/C13H20N2O2/c16-9-11-5-6-14-13(8-11)15-7-3-1-2-4-12(15)10-17/h5-6,8,12,16-17H,1-4,7,9-10H2. The van der Waals surface area contributed by atoms with Crippen molar-refractivity contribution >= 4 is 5.82 Å². The van der Waals surface area contributed by atoms with Crippen molar-refractivity contribution in [2.24, 2.45) is 0 Å². The summed E-state index contributed by atoms with van der Waals surface area (Å²) >= 11 is 0. The molecule has 1 unspecified atom stereocenters. The fraction of sp³-hybridized carbons (Fsp3) is 0.615. The first-order valence-corrected chi connectivity index (χ1v) is 6.28. The van der Waals surface area contributed by atoms with Crippen LogP contribution in [0.5, 0.6) is 0 Å². The first-order chi connectivity index (χ1) is 8.35. The van der Waals surface area contributed by atoms with Crippen LogP contribution in [0.25, 0.3) is 0 Å². The van der Waals surface area contributed by atoms with E-state index in [2.05, 4.69) is 9.88 Å². The number of hydrogen-bond donors (Lipinski definition) is 2. The zero-order valence-electron chi connectivity index (χ0n) is 10.0. The minimum absolute atomic E-state index is 0.0349. The number of nitrogens with zero attached hydrogens (tertiary/aromatic N) is 2. The number of aromatic nitrogens is 1. The van der Waals surface area contributed by atoms with Crippen LogP contribution in [0, 0.1) is 0 Å². The molecule has 2 heterocycles. The van der Waals surface area contributed by atoms with Crippen molar-refractivity contribution in [1.29, 1.82) is 0 Å². The molecule has 1 saturated heterocycles. The molecule has 1 aromatic heterocycles. The van der Waals surface area contributed by atoms with E-state index in [0.717, 1.165) is 30.8 Å². The van der Waals surface area contributed by atoms with Gasteiger partial charge in [-0.3, -0.25) is 0 Å². The van der Waals surface area contributed by atoms with Crippen LogP contribution >= 0.6 is 0 Å². The van der Waals surface area contributed by atoms with Crippen molar-refractivity contribution in [3.63, 3.8) is 0 Å². The lowest BCUT2D eigenvalue weighted by Crippen LogP contribution is -2.38. The van der Waals surface area contributed by atoms with E-state index in [1.165, 1.54) is 12.8 Å². The van der Waals surface area contributed by atoms with Gasteiger partial charge < -0.3 is 15.1 Å². The van der Waals surface area contributed by atoms with Gasteiger partial charge in [-0.1, -0.05) is 12.8 Å². The second-order valence-electron chi connectivity index (χ2n) is 4.56. The average Bonchev–Trinajstić information content (AvgIpc) is 2.63. The van der Waals surface area contributed by atoms with Gasteiger partial charge in [0.05, 0.1) is 19.3 Å². The number of rotatable bonds is 3. The first kappa shape index (κ1) is 12.3. The molecule has 0 radical (unpaired) electrons. The van der Waals surface area contributed by atoms with Crippen LogP contribution in [0.2, 0.25) is 0 Å². The molecule has 1 fully saturated rings. The molecule has 0 spiro atoms. The van der Waals surface area contributed by atoms with Crippen molar-refractivity contribution in [3.05, 3.63) is 23.9 Å². The summed E-state index contributed by atoms with van der Waals surface area (Å²) in [5.74, 6) is 0.873. The Morgan fingerprint density at radius 1 is 1.29 bits per heavy atom. The Morgan fingerprint density at radius 3 is 2.94 bits per heavy atom. The second kappa shape index (κ2) is 5.98. The summed E-state index contributed by atoms with van der Waals surface area (Å²) in [5.41, 5.74) is 0.871. The summed E-state index contributed by atoms with van der Waals surface area (Å²) < 4.78 is 0. The van der Waals surface area contributed by atoms with Gasteiger partial charge >= 0.3 is 0 Å². The summed E-state index contributed by atoms with van der Waals surface area (Å²) in [7, 11) is 0. The van der Waals surface area contributed by atoms with Crippen molar-refractivity contribution in [1.82, 2.24) is 4.98 Å². The zero-order valence-corrected chi connectivity index (χ0v) is 10.0. The molecule has 1 aliphatic heterocycles. The Balaban J connectivity index is 2.21. The third kappa shape index (κ3) is 2.96. The molecular formula is C13H20N2O2. The van der Waals surface area contributed by atoms with Crippen LogP contribution in [-0.4, -0.2) is 34.4 Å². The van der Waals surface area contributed by atoms with Gasteiger partial charge in [0.2, 0.25) is 0 Å². The molecule has 0 bridgehead atoms. The fourth-order valence-corrected chi connectivity index (χ4v) is 2.38. The van der Waals surface area contributed by atoms with E-state index in [1.54, 1.807) is 6.20 Å². The lowest BCUT2D eigenvalue weighted by atomic mass is 10.1. The average molecular weight is 236 g/mol. The van der Waals surface area contributed by atoms with E-state index in [-0.39, 0.29) is 19.3 Å². The maximum atomic E-state index is 9.46. The van der Waals surface area contributed by atoms with Crippen molar-refractivity contribution in [2.75, 3.05) is 18.1 Å². The number of hydrogen-bond acceptors (Lipinski definition) is 4. The normalized spacial score (nSPS) is 21.3. The summed E-state index contributed by atoms with van der Waals surface area (Å²) in [6.07, 6.45) is 6.26. The summed E-state index contributed by atoms with van der Waals surface area (Å²) in [5, 5.41) is 18.6. The van der Waals surface area contributed by atoms with E-state index in [1.807, 2.05) is 12.1 Å². The van der Waals surface area contributed by atoms with Gasteiger partial charge in [-0.15, -0.1) is 0 Å². The number of pyridine rings is 1. The van der Waals surface area contributed by atoms with Crippen LogP contribution < -0.4 is 4.90 Å². The highest BCUT2D eigenvalue weighted by Crippen LogP contribution is 2.22. The molecule has 94 valence electrons. The molecule has 0 aromatic carbocycles. The molecule has 0 saturated carbocycles. The van der Waals surface area contributed by atoms with Crippen LogP contribution in [0.1, 0.15) is 31.2 Å². The van der Waals surface area contributed by atoms with Crippen molar-refractivity contribution < 1.29 is 10.2 Å². The molecule has 0 aliphatic carbocycles. The maximum Gasteiger partial charge on any atom is 0.129 e. The lowest BCUT2D eigenvalue weighted by molar-refractivity contribution is 0.254. The topological polar surface area (TPSA) is 56.6 Å². The predicted octanol–water partition coefficient (Wildman–Crippen LogP) is 1.32. The SMILES string of the molecule is OCc1ccnc(N2CCCCCC2CO)c1. The minimum atomic E-state index is 0.0349. The Bertz CT molecular complexity index is 357. The number of aliphatic hydroxyl groups excluding tert-OH is 2. The summed E-state index contributed by atoms with van der Waals surface area (Å²) in [4.78, 5) is 6.53. The van der Waals surface area contributed by atoms with Crippen LogP contribution in [0.3, 0.4) is 0 Å². The molecule has 2 rings (SSSR count). The third-order valence-corrected chi connectivity index (χ3v) is 3.37. The Labute approximate surface area is 102 Å². The first-order valence-electron chi connectivity index (χ1n) is 6.28. The van der Waals surface area contributed by atoms with Gasteiger partial charge in [0.1, 0.15) is 5.82 Å². The van der Waals surface area contributed by atoms with Gasteiger partial charge in [-0.25, -0.2) is 4.98 Å². The quantitative estimate of drug-likeness (QED) is 0.831. The zero-order chi connectivity index (χ0) is 12.1. The minimum Gasteiger partial charge on any atom is -0.394 e. The molecule has 4 nitrogen and oxygen atoms in total. The maximum absolute atomic E-state index is 9.46. The highest BCUT2D eigenvalue weighted by molar-refractivity contribution is 5.42. The van der Waals surface area contributed by atoms with Crippen LogP contribution in [0.15, 0.2) is 18.3 Å². The molecule has 4 heteroatoms. The monoisotopic (exact) mass is 236 g/mol. The lowest BCUT2D eigenvalue weighted by Gasteiger charge is -2.29. The van der Waals surface area contributed by atoms with Gasteiger partial charge in [0, 0.05) is 12.7 Å². The Hall–Kier alpha value is -1.13. The van der Waals surface area contributed by atoms with E-state index in [9.17, 15) is 5.11 Å². The van der Waals surface area contributed by atoms with E-state index >= 15 is 0 Å². The van der Waals surface area contributed by atoms with Crippen molar-refractivity contribution in [3.8, 4) is 0 Å². The van der Waals surface area contributed by atoms with E-state index in [4.69, 9.17) is 5.11 Å². The van der Waals surface area contributed by atoms with E-state index in [0.29, 0.717) is 0 Å². The summed E-state index contributed by atoms with van der Waals surface area (Å²) in [6, 6.07) is 3.89. The van der Waals surface area contributed by atoms with Crippen LogP contribution in [-0.2, 0) is 6.61 Å². The van der Waals surface area contributed by atoms with Gasteiger partial charge in [0.25, 0.3) is 0 Å². The summed E-state index contributed by atoms with van der Waals surface area (Å²) in [6.45, 7) is 1.14. The largest absolute Gasteiger partial charge is 0.394 e. The van der Waals surface area contributed by atoms with Gasteiger partial charge in [-0.2, -0.15) is 0 Å². The Kier molecular flexibility index (Phi) is 4.34. The smallest absolute Gasteiger partial charge is 0.129 e. The predicted molar refractivity (Wildman–Crippen MR) is 66.8 cm³/mol. The molecular weight excluding hydrogens is 216 g/mol. The molecule has 1 atom stereocenters. The molecule has 1 aromatic rings. The highest BCUT2D eigenvalue weighted by atomic mass is 16.3. The molecule has 17 heavy (non-hydrogen) atoms. The number of anilines is 1. The van der Waals surface area contributed by atoms with Gasteiger partial charge in [0.15, 0.2) is 0 Å². The molecule has 0 amide bonds. The molecule has 1 aliphatic rings. The highest BCUT2D eigenvalue weighted by Gasteiger charge is 2.21. The second-order valence-corrected chi connectivity index (χ2v) is 4.56. The third-order valence-electron chi connectivity index (χ3n) is 3.37. The van der Waals surface area contributed by atoms with Crippen molar-refractivity contribution in [2.45, 2.75) is 38.3 Å². The van der Waals surface area contributed by atoms with E-state index < -0.39 is 0 Å².